The molecule has 0 unspecified atom stereocenters. The minimum absolute atomic E-state index is 0. The minimum atomic E-state index is -0.974. The maximum absolute atomic E-state index is 11.0. The van der Waals surface area contributed by atoms with Crippen LogP contribution in [-0.4, -0.2) is 52.3 Å². The molecule has 170 valence electrons. The largest absolute Gasteiger partial charge is 2.00 e. The number of hydrogen-bond donors (Lipinski definition) is 2. The van der Waals surface area contributed by atoms with Crippen LogP contribution in [0.3, 0.4) is 0 Å². The van der Waals surface area contributed by atoms with Gasteiger partial charge in [-0.15, -0.1) is 0 Å². The van der Waals surface area contributed by atoms with Crippen molar-refractivity contribution >= 4 is 62.6 Å². The zero-order valence-electron chi connectivity index (χ0n) is 18.7. The second-order valence-electron chi connectivity index (χ2n) is 6.43. The fraction of sp³-hybridized carbons (Fsp3) is 0.0370. The van der Waals surface area contributed by atoms with E-state index in [2.05, 4.69) is 19.7 Å². The molecule has 0 aliphatic heterocycles. The molecule has 34 heavy (non-hydrogen) atoms. The Hall–Kier alpha value is -3.13. The normalized spacial score (nSPS) is 9.09. The van der Waals surface area contributed by atoms with Crippen LogP contribution in [0.4, 0.5) is 0 Å². The summed E-state index contributed by atoms with van der Waals surface area (Å²) in [4.78, 5) is 21.9. The van der Waals surface area contributed by atoms with E-state index in [1.165, 1.54) is 7.11 Å². The predicted octanol–water partition coefficient (Wildman–Crippen LogP) is 2.96. The van der Waals surface area contributed by atoms with E-state index in [9.17, 15) is 9.59 Å². The first-order valence-electron chi connectivity index (χ1n) is 9.55. The molecule has 4 aromatic carbocycles. The Morgan fingerprint density at radius 3 is 1.71 bits per heavy atom. The van der Waals surface area contributed by atoms with Crippen LogP contribution in [0.15, 0.2) is 86.0 Å². The fourth-order valence-corrected chi connectivity index (χ4v) is 3.33. The van der Waals surface area contributed by atoms with Crippen LogP contribution in [0, 0.1) is 6.58 Å². The van der Waals surface area contributed by atoms with Gasteiger partial charge in [-0.1, -0.05) is 73.3 Å². The number of methoxy groups -OCH3 is 1. The molecule has 5 nitrogen and oxygen atoms in total. The molecule has 0 aliphatic carbocycles. The quantitative estimate of drug-likeness (QED) is 0.313. The molecule has 4 rings (SSSR count). The summed E-state index contributed by atoms with van der Waals surface area (Å²) in [5.41, 5.74) is 1.17. The molecule has 0 saturated carbocycles. The van der Waals surface area contributed by atoms with Gasteiger partial charge in [0.25, 0.3) is 0 Å². The third kappa shape index (κ3) is 6.93. The number of hydrogen-bond acceptors (Lipinski definition) is 3. The van der Waals surface area contributed by atoms with E-state index in [1.807, 2.05) is 54.6 Å². The summed E-state index contributed by atoms with van der Waals surface area (Å²) in [6.07, 6.45) is 1.59. The van der Waals surface area contributed by atoms with Crippen molar-refractivity contribution in [2.45, 2.75) is 0 Å². The molecule has 0 heterocycles. The van der Waals surface area contributed by atoms with Gasteiger partial charge in [0.2, 0.25) is 0 Å². The van der Waals surface area contributed by atoms with Crippen molar-refractivity contribution in [3.8, 4) is 5.75 Å². The van der Waals surface area contributed by atoms with Crippen molar-refractivity contribution in [2.24, 2.45) is 0 Å². The number of ether oxygens (including phenoxy) is 1. The zero-order valence-corrected chi connectivity index (χ0v) is 21.7. The van der Waals surface area contributed by atoms with Crippen LogP contribution >= 0.6 is 0 Å². The van der Waals surface area contributed by atoms with Gasteiger partial charge in [-0.05, 0) is 33.9 Å². The fourth-order valence-electron chi connectivity index (χ4n) is 3.33. The Labute approximate surface area is 225 Å². The van der Waals surface area contributed by atoms with Crippen molar-refractivity contribution in [1.29, 1.82) is 0 Å². The van der Waals surface area contributed by atoms with Gasteiger partial charge < -0.3 is 38.5 Å². The number of carboxylic acid groups (broad SMARTS) is 2. The standard InChI is InChI=1S/C13H10O2.C12H10O3.C2H3.BrH.Mg/c1-2-10-11-6-4-3-5-9(11)7-8-12(10)13(14)15;1-15-11-9-5-3-2-4-8(9)6-7-10(11)12(13)14;1-2;;/h2-8H,1H2,(H,14,15);2-7H,1H3,(H,13,14);1H,2H2;1H;/q;;-1;;+2/p-1. The molecule has 2 N–H and O–H groups in total. The molecule has 0 aromatic heterocycles. The van der Waals surface area contributed by atoms with Gasteiger partial charge in [0.15, 0.2) is 0 Å². The molecule has 0 atom stereocenters. The average Bonchev–Trinajstić information content (AvgIpc) is 2.83. The number of aromatic carboxylic acids is 2. The smallest absolute Gasteiger partial charge is 1.00 e. The Balaban J connectivity index is 0.000000566. The van der Waals surface area contributed by atoms with Gasteiger partial charge in [-0.2, -0.15) is 0 Å². The van der Waals surface area contributed by atoms with Crippen molar-refractivity contribution in [3.05, 3.63) is 109 Å². The van der Waals surface area contributed by atoms with Gasteiger partial charge in [-0.3, -0.25) is 6.58 Å². The number of rotatable bonds is 4. The van der Waals surface area contributed by atoms with Gasteiger partial charge in [0, 0.05) is 5.39 Å². The van der Waals surface area contributed by atoms with Crippen LogP contribution in [0.5, 0.6) is 5.75 Å². The zero-order chi connectivity index (χ0) is 23.7. The first-order valence-corrected chi connectivity index (χ1v) is 9.55. The third-order valence-electron chi connectivity index (χ3n) is 4.72. The molecule has 4 aromatic rings. The second kappa shape index (κ2) is 14.9. The Bertz CT molecular complexity index is 1290. The number of benzene rings is 4. The number of fused-ring (bicyclic) bond motifs is 2. The summed E-state index contributed by atoms with van der Waals surface area (Å²) in [6, 6.07) is 22.0. The Morgan fingerprint density at radius 1 is 0.794 bits per heavy atom. The Morgan fingerprint density at radius 2 is 1.24 bits per heavy atom. The van der Waals surface area contributed by atoms with Gasteiger partial charge in [0.1, 0.15) is 11.3 Å². The van der Waals surface area contributed by atoms with Crippen molar-refractivity contribution < 1.29 is 41.5 Å². The van der Waals surface area contributed by atoms with E-state index in [0.29, 0.717) is 16.9 Å². The number of carboxylic acids is 2. The first-order chi connectivity index (χ1) is 15.5. The van der Waals surface area contributed by atoms with E-state index in [0.717, 1.165) is 21.5 Å². The van der Waals surface area contributed by atoms with E-state index in [4.69, 9.17) is 14.9 Å². The van der Waals surface area contributed by atoms with Crippen molar-refractivity contribution in [3.63, 3.8) is 0 Å². The molecule has 0 bridgehead atoms. The van der Waals surface area contributed by atoms with Crippen molar-refractivity contribution in [1.82, 2.24) is 0 Å². The summed E-state index contributed by atoms with van der Waals surface area (Å²) < 4.78 is 5.14. The maximum atomic E-state index is 11.0. The monoisotopic (exact) mass is 530 g/mol. The molecule has 0 amide bonds. The number of carbonyl (C=O) groups is 2. The molecule has 0 radical (unpaired) electrons. The predicted molar refractivity (Wildman–Crippen MR) is 134 cm³/mol. The summed E-state index contributed by atoms with van der Waals surface area (Å²) in [6.45, 7) is 10.7. The van der Waals surface area contributed by atoms with Crippen LogP contribution in [0.1, 0.15) is 26.3 Å². The summed E-state index contributed by atoms with van der Waals surface area (Å²) in [5.74, 6) is -1.48. The summed E-state index contributed by atoms with van der Waals surface area (Å²) in [5, 5.41) is 21.7. The van der Waals surface area contributed by atoms with Crippen molar-refractivity contribution in [2.75, 3.05) is 7.11 Å². The SMILES string of the molecule is C=Cc1c(C(=O)O)ccc2ccccc12.COc1c(C(=O)O)ccc2ccccc12.[Br-].[CH-]=C.[Mg+2]. The van der Waals surface area contributed by atoms with E-state index in [1.54, 1.807) is 24.3 Å². The van der Waals surface area contributed by atoms with Crippen LogP contribution < -0.4 is 21.7 Å². The molecule has 0 saturated heterocycles. The second-order valence-corrected chi connectivity index (χ2v) is 6.43. The molecular weight excluding hydrogens is 509 g/mol. The first kappa shape index (κ1) is 30.9. The minimum Gasteiger partial charge on any atom is -1.00 e. The van der Waals surface area contributed by atoms with E-state index >= 15 is 0 Å². The van der Waals surface area contributed by atoms with Gasteiger partial charge >= 0.3 is 35.0 Å². The molecule has 0 aliphatic rings. The third-order valence-corrected chi connectivity index (χ3v) is 4.72. The van der Waals surface area contributed by atoms with E-state index in [-0.39, 0.29) is 45.6 Å². The Kier molecular flexibility index (Phi) is 13.5. The van der Waals surface area contributed by atoms with Crippen LogP contribution in [0.25, 0.3) is 27.6 Å². The van der Waals surface area contributed by atoms with Gasteiger partial charge in [-0.25, -0.2) is 9.59 Å². The van der Waals surface area contributed by atoms with Crippen LogP contribution in [-0.2, 0) is 0 Å². The average molecular weight is 532 g/mol. The topological polar surface area (TPSA) is 83.8 Å². The molecule has 0 spiro atoms. The summed E-state index contributed by atoms with van der Waals surface area (Å²) >= 11 is 0. The van der Waals surface area contributed by atoms with Crippen LogP contribution in [0.2, 0.25) is 0 Å². The number of halogens is 1. The van der Waals surface area contributed by atoms with Gasteiger partial charge in [0.05, 0.1) is 12.7 Å². The summed E-state index contributed by atoms with van der Waals surface area (Å²) in [7, 11) is 1.48. The molecule has 7 heteroatoms. The maximum Gasteiger partial charge on any atom is 2.00 e. The molecular formula is C27H23BrMgO5. The molecule has 0 fully saturated rings. The van der Waals surface area contributed by atoms with E-state index < -0.39 is 11.9 Å².